The first-order chi connectivity index (χ1) is 8.79. The van der Waals surface area contributed by atoms with Crippen LogP contribution in [0.15, 0.2) is 23.6 Å². The van der Waals surface area contributed by atoms with Gasteiger partial charge in [-0.3, -0.25) is 4.79 Å². The van der Waals surface area contributed by atoms with Gasteiger partial charge >= 0.3 is 5.97 Å². The van der Waals surface area contributed by atoms with E-state index < -0.39 is 0 Å². The molecule has 5 nitrogen and oxygen atoms in total. The Morgan fingerprint density at radius 2 is 2.50 bits per heavy atom. The Morgan fingerprint density at radius 3 is 3.11 bits per heavy atom. The van der Waals surface area contributed by atoms with E-state index >= 15 is 0 Å². The second-order valence-corrected chi connectivity index (χ2v) is 5.14. The van der Waals surface area contributed by atoms with Gasteiger partial charge in [-0.1, -0.05) is 0 Å². The number of nitrogens with one attached hydrogen (secondary N) is 1. The van der Waals surface area contributed by atoms with Crippen LogP contribution in [0.1, 0.15) is 19.8 Å². The molecule has 6 heteroatoms. The smallest absolute Gasteiger partial charge is 0.324 e. The first-order valence-electron chi connectivity index (χ1n) is 6.11. The van der Waals surface area contributed by atoms with E-state index in [2.05, 4.69) is 15.3 Å². The van der Waals surface area contributed by atoms with Gasteiger partial charge in [-0.15, -0.1) is 11.8 Å². The van der Waals surface area contributed by atoms with Crippen molar-refractivity contribution >= 4 is 17.7 Å². The molecule has 1 atom stereocenters. The van der Waals surface area contributed by atoms with E-state index in [4.69, 9.17) is 4.74 Å². The number of aromatic nitrogens is 2. The van der Waals surface area contributed by atoms with Gasteiger partial charge in [0.1, 0.15) is 12.4 Å². The van der Waals surface area contributed by atoms with Gasteiger partial charge in [-0.2, -0.15) is 0 Å². The van der Waals surface area contributed by atoms with Crippen molar-refractivity contribution in [2.75, 3.05) is 12.4 Å². The normalized spacial score (nSPS) is 16.3. The molecular formula is C12H17N3O2S. The van der Waals surface area contributed by atoms with Gasteiger partial charge in [0.2, 0.25) is 0 Å². The molecular weight excluding hydrogens is 250 g/mol. The molecule has 1 aromatic rings. The zero-order valence-electron chi connectivity index (χ0n) is 10.3. The number of nitrogens with zero attached hydrogens (tertiary/aromatic N) is 2. The maximum absolute atomic E-state index is 11.8. The van der Waals surface area contributed by atoms with Crippen LogP contribution in [0.5, 0.6) is 0 Å². The average molecular weight is 267 g/mol. The highest BCUT2D eigenvalue weighted by molar-refractivity contribution is 7.99. The van der Waals surface area contributed by atoms with Crippen LogP contribution in [0.2, 0.25) is 0 Å². The van der Waals surface area contributed by atoms with Crippen LogP contribution in [0.4, 0.5) is 0 Å². The molecule has 18 heavy (non-hydrogen) atoms. The Balaban J connectivity index is 1.85. The number of rotatable bonds is 7. The summed E-state index contributed by atoms with van der Waals surface area (Å²) >= 11 is 1.54. The van der Waals surface area contributed by atoms with Crippen molar-refractivity contribution in [1.29, 1.82) is 0 Å². The lowest BCUT2D eigenvalue weighted by Gasteiger charge is -2.16. The maximum atomic E-state index is 11.8. The molecule has 0 radical (unpaired) electrons. The molecule has 1 heterocycles. The Hall–Kier alpha value is -1.14. The fraction of sp³-hybridized carbons (Fsp3) is 0.583. The van der Waals surface area contributed by atoms with E-state index in [1.54, 1.807) is 6.20 Å². The minimum Gasteiger partial charge on any atom is -0.465 e. The highest BCUT2D eigenvalue weighted by atomic mass is 32.2. The summed E-state index contributed by atoms with van der Waals surface area (Å²) in [4.78, 5) is 19.8. The molecule has 0 spiro atoms. The van der Waals surface area contributed by atoms with Crippen LogP contribution in [-0.4, -0.2) is 40.4 Å². The summed E-state index contributed by atoms with van der Waals surface area (Å²) in [5.74, 6) is 0.456. The SMILES string of the molecule is CCOC(=O)C(CSc1ccncn1)NC1CC1. The second-order valence-electron chi connectivity index (χ2n) is 4.10. The third kappa shape index (κ3) is 4.27. The van der Waals surface area contributed by atoms with Gasteiger partial charge in [0.25, 0.3) is 0 Å². The Kier molecular flexibility index (Phi) is 4.95. The minimum absolute atomic E-state index is 0.175. The summed E-state index contributed by atoms with van der Waals surface area (Å²) < 4.78 is 5.07. The standard InChI is InChI=1S/C12H17N3O2S/c1-2-17-12(16)10(15-9-3-4-9)7-18-11-5-6-13-8-14-11/h5-6,8-10,15H,2-4,7H2,1H3. The molecule has 0 aliphatic heterocycles. The van der Waals surface area contributed by atoms with Gasteiger partial charge in [0.15, 0.2) is 0 Å². The quantitative estimate of drug-likeness (QED) is 0.456. The molecule has 0 bridgehead atoms. The molecule has 0 amide bonds. The van der Waals surface area contributed by atoms with E-state index in [0.29, 0.717) is 18.4 Å². The summed E-state index contributed by atoms with van der Waals surface area (Å²) in [6.07, 6.45) is 5.50. The predicted molar refractivity (Wildman–Crippen MR) is 69.3 cm³/mol. The van der Waals surface area contributed by atoms with Crippen molar-refractivity contribution in [3.63, 3.8) is 0 Å². The van der Waals surface area contributed by atoms with Gasteiger partial charge in [0, 0.05) is 18.0 Å². The molecule has 98 valence electrons. The topological polar surface area (TPSA) is 64.1 Å². The van der Waals surface area contributed by atoms with Gasteiger partial charge in [-0.05, 0) is 25.8 Å². The maximum Gasteiger partial charge on any atom is 0.324 e. The molecule has 1 fully saturated rings. The molecule has 0 aromatic carbocycles. The third-order valence-electron chi connectivity index (χ3n) is 2.54. The van der Waals surface area contributed by atoms with Crippen LogP contribution in [-0.2, 0) is 9.53 Å². The zero-order chi connectivity index (χ0) is 12.8. The predicted octanol–water partition coefficient (Wildman–Crippen LogP) is 1.25. The largest absolute Gasteiger partial charge is 0.465 e. The molecule has 0 saturated heterocycles. The van der Waals surface area contributed by atoms with E-state index in [9.17, 15) is 4.79 Å². The van der Waals surface area contributed by atoms with Crippen LogP contribution >= 0.6 is 11.8 Å². The first-order valence-corrected chi connectivity index (χ1v) is 7.09. The van der Waals surface area contributed by atoms with Crippen molar-refractivity contribution < 1.29 is 9.53 Å². The monoisotopic (exact) mass is 267 g/mol. The van der Waals surface area contributed by atoms with E-state index in [-0.39, 0.29) is 12.0 Å². The summed E-state index contributed by atoms with van der Waals surface area (Å²) in [7, 11) is 0. The van der Waals surface area contributed by atoms with E-state index in [0.717, 1.165) is 17.9 Å². The second kappa shape index (κ2) is 6.70. The number of esters is 1. The summed E-state index contributed by atoms with van der Waals surface area (Å²) in [5, 5.41) is 4.18. The lowest BCUT2D eigenvalue weighted by atomic mass is 10.3. The Bertz CT molecular complexity index is 384. The van der Waals surface area contributed by atoms with Gasteiger partial charge < -0.3 is 10.1 Å². The Labute approximate surface area is 111 Å². The first kappa shape index (κ1) is 13.3. The van der Waals surface area contributed by atoms with Crippen LogP contribution in [0.25, 0.3) is 0 Å². The zero-order valence-corrected chi connectivity index (χ0v) is 11.2. The van der Waals surface area contributed by atoms with Crippen LogP contribution in [0, 0.1) is 0 Å². The molecule has 1 aliphatic rings. The molecule has 1 aromatic heterocycles. The van der Waals surface area contributed by atoms with E-state index in [1.807, 2.05) is 13.0 Å². The number of hydrogen-bond acceptors (Lipinski definition) is 6. The molecule has 2 rings (SSSR count). The highest BCUT2D eigenvalue weighted by Gasteiger charge is 2.29. The van der Waals surface area contributed by atoms with Crippen LogP contribution < -0.4 is 5.32 Å². The van der Waals surface area contributed by atoms with Crippen molar-refractivity contribution in [3.05, 3.63) is 18.6 Å². The van der Waals surface area contributed by atoms with Crippen molar-refractivity contribution in [1.82, 2.24) is 15.3 Å². The number of carbonyl (C=O) groups excluding carboxylic acids is 1. The lowest BCUT2D eigenvalue weighted by Crippen LogP contribution is -2.41. The van der Waals surface area contributed by atoms with Crippen LogP contribution in [0.3, 0.4) is 0 Å². The van der Waals surface area contributed by atoms with Crippen molar-refractivity contribution in [3.8, 4) is 0 Å². The fourth-order valence-corrected chi connectivity index (χ4v) is 2.34. The highest BCUT2D eigenvalue weighted by Crippen LogP contribution is 2.22. The number of thioether (sulfide) groups is 1. The summed E-state index contributed by atoms with van der Waals surface area (Å²) in [5.41, 5.74) is 0. The summed E-state index contributed by atoms with van der Waals surface area (Å²) in [6, 6.07) is 2.06. The molecule has 1 N–H and O–H groups in total. The number of carbonyl (C=O) groups is 1. The molecule has 1 aliphatic carbocycles. The summed E-state index contributed by atoms with van der Waals surface area (Å²) in [6.45, 7) is 2.24. The fourth-order valence-electron chi connectivity index (χ4n) is 1.49. The Morgan fingerprint density at radius 1 is 1.67 bits per heavy atom. The third-order valence-corrected chi connectivity index (χ3v) is 3.58. The minimum atomic E-state index is -0.252. The van der Waals surface area contributed by atoms with Gasteiger partial charge in [-0.25, -0.2) is 9.97 Å². The number of hydrogen-bond donors (Lipinski definition) is 1. The molecule has 1 unspecified atom stereocenters. The molecule has 1 saturated carbocycles. The van der Waals surface area contributed by atoms with E-state index in [1.165, 1.54) is 18.1 Å². The van der Waals surface area contributed by atoms with Crippen molar-refractivity contribution in [2.24, 2.45) is 0 Å². The average Bonchev–Trinajstić information content (AvgIpc) is 3.20. The number of ether oxygens (including phenoxy) is 1. The van der Waals surface area contributed by atoms with Crippen molar-refractivity contribution in [2.45, 2.75) is 36.9 Å². The lowest BCUT2D eigenvalue weighted by molar-refractivity contribution is -0.145. The van der Waals surface area contributed by atoms with Gasteiger partial charge in [0.05, 0.1) is 11.6 Å².